The Bertz CT molecular complexity index is 127. The number of carbonyl (C=O) groups is 1. The van der Waals surface area contributed by atoms with E-state index in [1.54, 1.807) is 0 Å². The molecule has 0 aliphatic rings. The molecule has 0 aromatic carbocycles. The Hall–Kier alpha value is -0.630. The van der Waals surface area contributed by atoms with Gasteiger partial charge >= 0.3 is 0 Å². The van der Waals surface area contributed by atoms with Gasteiger partial charge in [0.1, 0.15) is 0 Å². The van der Waals surface area contributed by atoms with Crippen molar-refractivity contribution in [2.24, 2.45) is 5.92 Å². The molecule has 0 fully saturated rings. The van der Waals surface area contributed by atoms with Crippen LogP contribution in [0.1, 0.15) is 20.3 Å². The fraction of sp³-hybridized carbons (Fsp3) is 0.625. The van der Waals surface area contributed by atoms with E-state index in [1.165, 1.54) is 6.08 Å². The third-order valence-corrected chi connectivity index (χ3v) is 1.41. The fourth-order valence-electron chi connectivity index (χ4n) is 0.525. The average Bonchev–Trinajstić information content (AvgIpc) is 1.87. The molecular formula is C8H14O2. The molecule has 0 heterocycles. The minimum atomic E-state index is -0.523. The normalized spacial score (nSPS) is 13.2. The molecule has 0 bridgehead atoms. The molecule has 0 saturated carbocycles. The maximum atomic E-state index is 10.6. The molecular weight excluding hydrogens is 128 g/mol. The highest BCUT2D eigenvalue weighted by Gasteiger charge is 2.11. The summed E-state index contributed by atoms with van der Waals surface area (Å²) in [6.45, 7) is 7.06. The van der Waals surface area contributed by atoms with Crippen LogP contribution in [0.25, 0.3) is 0 Å². The van der Waals surface area contributed by atoms with Gasteiger partial charge in [-0.1, -0.05) is 20.4 Å². The van der Waals surface area contributed by atoms with E-state index in [0.29, 0.717) is 0 Å². The summed E-state index contributed by atoms with van der Waals surface area (Å²) in [5.41, 5.74) is 0. The predicted molar refractivity (Wildman–Crippen MR) is 40.7 cm³/mol. The summed E-state index contributed by atoms with van der Waals surface area (Å²) in [6.07, 6.45) is 0.915. The molecule has 1 atom stereocenters. The van der Waals surface area contributed by atoms with Crippen molar-refractivity contribution < 1.29 is 9.90 Å². The molecule has 0 rings (SSSR count). The smallest absolute Gasteiger partial charge is 0.157 e. The molecule has 2 nitrogen and oxygen atoms in total. The second-order valence-corrected chi connectivity index (χ2v) is 2.69. The van der Waals surface area contributed by atoms with Crippen LogP contribution < -0.4 is 0 Å². The van der Waals surface area contributed by atoms with Crippen molar-refractivity contribution in [3.8, 4) is 0 Å². The number of carbonyl (C=O) groups excluding carboxylic acids is 1. The fourth-order valence-corrected chi connectivity index (χ4v) is 0.525. The third kappa shape index (κ3) is 3.41. The van der Waals surface area contributed by atoms with Crippen LogP contribution in [0.2, 0.25) is 0 Å². The number of aliphatic hydroxyl groups excluding tert-OH is 1. The van der Waals surface area contributed by atoms with Crippen molar-refractivity contribution in [2.75, 3.05) is 0 Å². The number of rotatable bonds is 4. The van der Waals surface area contributed by atoms with Crippen LogP contribution in [0.5, 0.6) is 0 Å². The number of allylic oxidation sites excluding steroid dienone is 1. The van der Waals surface area contributed by atoms with E-state index < -0.39 is 6.10 Å². The Balaban J connectivity index is 3.67. The van der Waals surface area contributed by atoms with Gasteiger partial charge in [0.2, 0.25) is 0 Å². The monoisotopic (exact) mass is 142 g/mol. The van der Waals surface area contributed by atoms with Gasteiger partial charge in [-0.15, -0.1) is 0 Å². The lowest BCUT2D eigenvalue weighted by Crippen LogP contribution is -2.17. The molecule has 0 unspecified atom stereocenters. The van der Waals surface area contributed by atoms with Gasteiger partial charge in [-0.05, 0) is 12.0 Å². The highest BCUT2D eigenvalue weighted by Crippen LogP contribution is 2.05. The molecule has 0 spiro atoms. The molecule has 58 valence electrons. The predicted octanol–water partition coefficient (Wildman–Crippen LogP) is 1.15. The molecule has 0 aliphatic heterocycles. The van der Waals surface area contributed by atoms with E-state index in [4.69, 9.17) is 5.11 Å². The van der Waals surface area contributed by atoms with Crippen LogP contribution in [0.15, 0.2) is 12.7 Å². The number of aliphatic hydroxyl groups is 1. The van der Waals surface area contributed by atoms with Crippen LogP contribution in [0.4, 0.5) is 0 Å². The number of hydrogen-bond donors (Lipinski definition) is 1. The lowest BCUT2D eigenvalue weighted by Gasteiger charge is -2.11. The van der Waals surface area contributed by atoms with Crippen molar-refractivity contribution in [3.63, 3.8) is 0 Å². The van der Waals surface area contributed by atoms with Crippen molar-refractivity contribution in [1.29, 1.82) is 0 Å². The Labute approximate surface area is 61.6 Å². The number of hydrogen-bond acceptors (Lipinski definition) is 2. The molecule has 1 N–H and O–H groups in total. The first kappa shape index (κ1) is 9.37. The van der Waals surface area contributed by atoms with E-state index >= 15 is 0 Å². The first-order valence-corrected chi connectivity index (χ1v) is 3.41. The summed E-state index contributed by atoms with van der Waals surface area (Å²) < 4.78 is 0. The van der Waals surface area contributed by atoms with Crippen molar-refractivity contribution in [2.45, 2.75) is 26.4 Å². The molecule has 0 saturated heterocycles. The average molecular weight is 142 g/mol. The van der Waals surface area contributed by atoms with Crippen molar-refractivity contribution >= 4 is 5.78 Å². The Morgan fingerprint density at radius 3 is 2.50 bits per heavy atom. The summed E-state index contributed by atoms with van der Waals surface area (Å²) >= 11 is 0. The summed E-state index contributed by atoms with van der Waals surface area (Å²) in [4.78, 5) is 10.6. The van der Waals surface area contributed by atoms with Gasteiger partial charge in [0.25, 0.3) is 0 Å². The zero-order chi connectivity index (χ0) is 8.15. The van der Waals surface area contributed by atoms with Crippen LogP contribution in [-0.4, -0.2) is 17.0 Å². The summed E-state index contributed by atoms with van der Waals surface area (Å²) in [5, 5.41) is 9.16. The van der Waals surface area contributed by atoms with Gasteiger partial charge in [0.05, 0.1) is 6.10 Å². The summed E-state index contributed by atoms with van der Waals surface area (Å²) in [5.74, 6) is 0.0464. The Morgan fingerprint density at radius 2 is 2.20 bits per heavy atom. The van der Waals surface area contributed by atoms with Gasteiger partial charge in [0, 0.05) is 6.42 Å². The highest BCUT2D eigenvalue weighted by molar-refractivity contribution is 5.89. The van der Waals surface area contributed by atoms with Gasteiger partial charge in [-0.2, -0.15) is 0 Å². The van der Waals surface area contributed by atoms with Crippen LogP contribution in [0.3, 0.4) is 0 Å². The lowest BCUT2D eigenvalue weighted by atomic mass is 10.0. The molecule has 0 aromatic rings. The van der Waals surface area contributed by atoms with Crippen molar-refractivity contribution in [3.05, 3.63) is 12.7 Å². The third-order valence-electron chi connectivity index (χ3n) is 1.41. The lowest BCUT2D eigenvalue weighted by molar-refractivity contribution is -0.116. The van der Waals surface area contributed by atoms with Crippen molar-refractivity contribution in [1.82, 2.24) is 0 Å². The second-order valence-electron chi connectivity index (χ2n) is 2.69. The van der Waals surface area contributed by atoms with E-state index in [2.05, 4.69) is 6.58 Å². The van der Waals surface area contributed by atoms with E-state index in [0.717, 1.165) is 0 Å². The van der Waals surface area contributed by atoms with E-state index in [1.807, 2.05) is 13.8 Å². The SMILES string of the molecule is C=CC(=O)C[C@@H](O)C(C)C. The minimum absolute atomic E-state index is 0.0961. The quantitative estimate of drug-likeness (QED) is 0.598. The van der Waals surface area contributed by atoms with Crippen LogP contribution >= 0.6 is 0 Å². The van der Waals surface area contributed by atoms with Crippen LogP contribution in [-0.2, 0) is 4.79 Å². The van der Waals surface area contributed by atoms with Gasteiger partial charge < -0.3 is 5.11 Å². The first-order chi connectivity index (χ1) is 4.57. The van der Waals surface area contributed by atoms with Gasteiger partial charge in [0.15, 0.2) is 5.78 Å². The second kappa shape index (κ2) is 4.23. The largest absolute Gasteiger partial charge is 0.392 e. The molecule has 10 heavy (non-hydrogen) atoms. The molecule has 0 amide bonds. The van der Waals surface area contributed by atoms with E-state index in [-0.39, 0.29) is 18.1 Å². The Kier molecular flexibility index (Phi) is 3.96. The Morgan fingerprint density at radius 1 is 1.70 bits per heavy atom. The molecule has 0 radical (unpaired) electrons. The van der Waals surface area contributed by atoms with E-state index in [9.17, 15) is 4.79 Å². The molecule has 0 aromatic heterocycles. The zero-order valence-electron chi connectivity index (χ0n) is 6.50. The maximum Gasteiger partial charge on any atom is 0.157 e. The summed E-state index contributed by atoms with van der Waals surface area (Å²) in [6, 6.07) is 0. The standard InChI is InChI=1S/C8H14O2/c1-4-7(9)5-8(10)6(2)3/h4,6,8,10H,1,5H2,2-3H3/t8-/m1/s1. The first-order valence-electron chi connectivity index (χ1n) is 3.41. The highest BCUT2D eigenvalue weighted by atomic mass is 16.3. The van der Waals surface area contributed by atoms with Crippen LogP contribution in [0, 0.1) is 5.92 Å². The molecule has 0 aliphatic carbocycles. The minimum Gasteiger partial charge on any atom is -0.392 e. The number of ketones is 1. The molecule has 2 heteroatoms. The maximum absolute atomic E-state index is 10.6. The van der Waals surface area contributed by atoms with Gasteiger partial charge in [-0.3, -0.25) is 4.79 Å². The van der Waals surface area contributed by atoms with Gasteiger partial charge in [-0.25, -0.2) is 0 Å². The zero-order valence-corrected chi connectivity index (χ0v) is 6.50. The topological polar surface area (TPSA) is 37.3 Å². The summed E-state index contributed by atoms with van der Waals surface area (Å²) in [7, 11) is 0.